The van der Waals surface area contributed by atoms with E-state index in [1.807, 2.05) is 0 Å². The van der Waals surface area contributed by atoms with Gasteiger partial charge in [0, 0.05) is 17.7 Å². The highest BCUT2D eigenvalue weighted by Crippen LogP contribution is 2.40. The molecule has 6 unspecified atom stereocenters. The lowest BCUT2D eigenvalue weighted by Crippen LogP contribution is -2.62. The van der Waals surface area contributed by atoms with Crippen LogP contribution in [0.15, 0.2) is 39.5 Å². The van der Waals surface area contributed by atoms with Crippen molar-refractivity contribution in [2.75, 3.05) is 19.8 Å². The zero-order valence-electron chi connectivity index (χ0n) is 28.2. The van der Waals surface area contributed by atoms with E-state index < -0.39 is 157 Å². The summed E-state index contributed by atoms with van der Waals surface area (Å²) in [5.41, 5.74) is -1.68. The molecule has 3 fully saturated rings. The van der Waals surface area contributed by atoms with Gasteiger partial charge in [-0.15, -0.1) is 0 Å². The number of rotatable bonds is 10. The number of phenols is 3. The van der Waals surface area contributed by atoms with Gasteiger partial charge >= 0.3 is 0 Å². The van der Waals surface area contributed by atoms with Gasteiger partial charge in [-0.3, -0.25) is 4.79 Å². The molecule has 14 N–H and O–H groups in total. The number of phenolic OH excluding ortho intramolecular Hbond substituents is 3. The van der Waals surface area contributed by atoms with Crippen LogP contribution in [0.3, 0.4) is 0 Å². The maximum atomic E-state index is 13.9. The van der Waals surface area contributed by atoms with Gasteiger partial charge in [0.05, 0.1) is 19.8 Å². The van der Waals surface area contributed by atoms with Gasteiger partial charge in [-0.05, 0) is 18.2 Å². The minimum Gasteiger partial charge on any atom is -0.507 e. The largest absolute Gasteiger partial charge is 0.507 e. The molecule has 3 aromatic rings. The zero-order valence-corrected chi connectivity index (χ0v) is 28.2. The van der Waals surface area contributed by atoms with Crippen LogP contribution >= 0.6 is 0 Å². The highest BCUT2D eigenvalue weighted by molar-refractivity contribution is 5.88. The van der Waals surface area contributed by atoms with Crippen LogP contribution in [0.5, 0.6) is 28.7 Å². The fourth-order valence-electron chi connectivity index (χ4n) is 6.25. The number of fused-ring (bicyclic) bond motifs is 1. The molecule has 0 bridgehead atoms. The zero-order chi connectivity index (χ0) is 40.0. The van der Waals surface area contributed by atoms with Gasteiger partial charge < -0.3 is 104 Å². The first-order chi connectivity index (χ1) is 26.1. The van der Waals surface area contributed by atoms with Gasteiger partial charge in [-0.1, -0.05) is 0 Å². The lowest BCUT2D eigenvalue weighted by atomic mass is 9.98. The number of benzene rings is 2. The number of aliphatic hydroxyl groups excluding tert-OH is 11. The molecule has 6 rings (SSSR count). The highest BCUT2D eigenvalue weighted by Gasteiger charge is 2.49. The fraction of sp³-hybridized carbons (Fsp3) is 0.545. The monoisotopic (exact) mass is 788 g/mol. The van der Waals surface area contributed by atoms with Crippen LogP contribution in [0.2, 0.25) is 0 Å². The average molecular weight is 789 g/mol. The molecule has 3 saturated heterocycles. The topological polar surface area (TPSA) is 369 Å². The van der Waals surface area contributed by atoms with Crippen molar-refractivity contribution in [3.8, 4) is 40.1 Å². The summed E-state index contributed by atoms with van der Waals surface area (Å²) in [6.45, 7) is -2.26. The van der Waals surface area contributed by atoms with Gasteiger partial charge in [-0.2, -0.15) is 0 Å². The third kappa shape index (κ3) is 7.76. The SMILES string of the molecule is O=c1c(O[C@@H]2O[C@H](CO)C(O)[C@H](O)C2O)c(-c2ccc(O)c(O)c2)oc2cc(O[C@@H]3O[C@H](CO[C@@H]4O[C@H](CO)C(O)[C@H](O)C4O)C(O)[C@H](O)C3O)cc(O)c12. The lowest BCUT2D eigenvalue weighted by molar-refractivity contribution is -0.323. The molecule has 0 aliphatic carbocycles. The Kier molecular flexibility index (Phi) is 12.0. The van der Waals surface area contributed by atoms with Crippen LogP contribution in [0.1, 0.15) is 0 Å². The number of hydrogen-bond donors (Lipinski definition) is 14. The average Bonchev–Trinajstić information content (AvgIpc) is 3.16. The van der Waals surface area contributed by atoms with Crippen LogP contribution in [0.4, 0.5) is 0 Å². The molecular formula is C33H40O22. The summed E-state index contributed by atoms with van der Waals surface area (Å²) in [6.07, 6.45) is -26.3. The third-order valence-corrected chi connectivity index (χ3v) is 9.42. The minimum atomic E-state index is -1.99. The summed E-state index contributed by atoms with van der Waals surface area (Å²) in [4.78, 5) is 13.9. The predicted octanol–water partition coefficient (Wildman–Crippen LogP) is -5.24. The Labute approximate surface area is 307 Å². The molecule has 22 nitrogen and oxygen atoms in total. The number of ether oxygens (including phenoxy) is 6. The molecule has 3 aliphatic heterocycles. The van der Waals surface area contributed by atoms with Crippen molar-refractivity contribution in [2.24, 2.45) is 0 Å². The van der Waals surface area contributed by atoms with Gasteiger partial charge in [-0.25, -0.2) is 0 Å². The molecule has 0 spiro atoms. The smallest absolute Gasteiger partial charge is 0.239 e. The molecular weight excluding hydrogens is 748 g/mol. The number of aliphatic hydroxyl groups is 11. The molecule has 1 aromatic heterocycles. The van der Waals surface area contributed by atoms with E-state index in [-0.39, 0.29) is 11.3 Å². The Morgan fingerprint density at radius 3 is 1.67 bits per heavy atom. The van der Waals surface area contributed by atoms with Crippen molar-refractivity contribution < 1.29 is 104 Å². The maximum absolute atomic E-state index is 13.9. The van der Waals surface area contributed by atoms with Crippen LogP contribution in [0.25, 0.3) is 22.3 Å². The second-order valence-electron chi connectivity index (χ2n) is 13.1. The van der Waals surface area contributed by atoms with Crippen molar-refractivity contribution in [2.45, 2.75) is 92.1 Å². The minimum absolute atomic E-state index is 0.120. The van der Waals surface area contributed by atoms with Crippen LogP contribution in [-0.2, 0) is 18.9 Å². The Morgan fingerprint density at radius 1 is 0.564 bits per heavy atom. The standard InChI is InChI=1S/C33H40O22/c34-6-15-19(39)23(43)26(46)31(52-15)49-8-17-21(41)25(45)27(47)32(54-17)50-10-4-13(38)18-14(5-10)51-29(9-1-2-11(36)12(37)3-9)30(22(18)42)55-33-28(48)24(44)20(40)16(7-35)53-33/h1-5,15-17,19-21,23-28,31-41,43-48H,6-8H2/t15-,16-,17-,19?,20?,21?,23+,24+,25+,26?,27?,28?,31-,32-,33+/m1/s1. The Morgan fingerprint density at radius 2 is 1.09 bits per heavy atom. The van der Waals surface area contributed by atoms with Crippen molar-refractivity contribution in [3.05, 3.63) is 40.6 Å². The molecule has 304 valence electrons. The first kappa shape index (κ1) is 40.7. The second kappa shape index (κ2) is 16.3. The fourth-order valence-corrected chi connectivity index (χ4v) is 6.25. The molecule has 0 saturated carbocycles. The molecule has 22 heteroatoms. The first-order valence-electron chi connectivity index (χ1n) is 16.7. The summed E-state index contributed by atoms with van der Waals surface area (Å²) in [5, 5.41) is 143. The van der Waals surface area contributed by atoms with E-state index in [0.29, 0.717) is 0 Å². The number of hydrogen-bond acceptors (Lipinski definition) is 22. The van der Waals surface area contributed by atoms with Gasteiger partial charge in [0.2, 0.25) is 23.8 Å². The number of aromatic hydroxyl groups is 3. The van der Waals surface area contributed by atoms with E-state index in [0.717, 1.165) is 24.3 Å². The van der Waals surface area contributed by atoms with Crippen molar-refractivity contribution in [3.63, 3.8) is 0 Å². The quantitative estimate of drug-likeness (QED) is 0.0853. The Hall–Kier alpha value is -3.95. The van der Waals surface area contributed by atoms with Gasteiger partial charge in [0.25, 0.3) is 0 Å². The van der Waals surface area contributed by atoms with Crippen LogP contribution < -0.4 is 14.9 Å². The molecule has 55 heavy (non-hydrogen) atoms. The maximum Gasteiger partial charge on any atom is 0.239 e. The summed E-state index contributed by atoms with van der Waals surface area (Å²) in [7, 11) is 0. The van der Waals surface area contributed by atoms with E-state index in [1.54, 1.807) is 0 Å². The second-order valence-corrected chi connectivity index (χ2v) is 13.1. The molecule has 3 aliphatic rings. The Bertz CT molecular complexity index is 1870. The lowest BCUT2D eigenvalue weighted by Gasteiger charge is -2.42. The predicted molar refractivity (Wildman–Crippen MR) is 174 cm³/mol. The van der Waals surface area contributed by atoms with Crippen LogP contribution in [0, 0.1) is 0 Å². The highest BCUT2D eigenvalue weighted by atomic mass is 16.7. The van der Waals surface area contributed by atoms with Crippen molar-refractivity contribution >= 4 is 11.0 Å². The summed E-state index contributed by atoms with van der Waals surface area (Å²) in [6, 6.07) is 5.08. The van der Waals surface area contributed by atoms with Gasteiger partial charge in [0.15, 0.2) is 23.5 Å². The molecule has 0 radical (unpaired) electrons. The molecule has 0 amide bonds. The van der Waals surface area contributed by atoms with Crippen molar-refractivity contribution in [1.82, 2.24) is 0 Å². The molecule has 2 aromatic carbocycles. The van der Waals surface area contributed by atoms with E-state index in [4.69, 9.17) is 32.8 Å². The van der Waals surface area contributed by atoms with E-state index in [9.17, 15) is 76.3 Å². The molecule has 4 heterocycles. The summed E-state index contributed by atoms with van der Waals surface area (Å²) in [5.74, 6) is -3.69. The van der Waals surface area contributed by atoms with Crippen molar-refractivity contribution in [1.29, 1.82) is 0 Å². The first-order valence-corrected chi connectivity index (χ1v) is 16.7. The van der Waals surface area contributed by atoms with E-state index in [1.165, 1.54) is 6.07 Å². The van der Waals surface area contributed by atoms with E-state index in [2.05, 4.69) is 0 Å². The van der Waals surface area contributed by atoms with E-state index >= 15 is 0 Å². The third-order valence-electron chi connectivity index (χ3n) is 9.42. The van der Waals surface area contributed by atoms with Gasteiger partial charge in [0.1, 0.15) is 95.7 Å². The Balaban J connectivity index is 1.30. The molecule has 15 atom stereocenters. The van der Waals surface area contributed by atoms with Crippen LogP contribution in [-0.4, -0.2) is 183 Å². The summed E-state index contributed by atoms with van der Waals surface area (Å²) >= 11 is 0. The normalized spacial score (nSPS) is 36.8. The summed E-state index contributed by atoms with van der Waals surface area (Å²) < 4.78 is 38.9.